The Morgan fingerprint density at radius 1 is 1.40 bits per heavy atom. The van der Waals surface area contributed by atoms with Crippen molar-refractivity contribution in [2.45, 2.75) is 45.3 Å². The summed E-state index contributed by atoms with van der Waals surface area (Å²) in [5.74, 6) is 0. The highest BCUT2D eigenvalue weighted by molar-refractivity contribution is 9.10. The second-order valence-corrected chi connectivity index (χ2v) is 6.32. The number of hydrogen-bond donors (Lipinski definition) is 1. The number of rotatable bonds is 3. The lowest BCUT2D eigenvalue weighted by molar-refractivity contribution is 0.0367. The molecule has 0 saturated carbocycles. The Morgan fingerprint density at radius 2 is 2.15 bits per heavy atom. The summed E-state index contributed by atoms with van der Waals surface area (Å²) < 4.78 is 3.01. The van der Waals surface area contributed by atoms with Gasteiger partial charge in [0.1, 0.15) is 0 Å². The maximum absolute atomic E-state index is 11.1. The quantitative estimate of drug-likeness (QED) is 0.934. The number of nitrogens with zero attached hydrogens (tertiary/aromatic N) is 2. The maximum Gasteiger partial charge on any atom is 0.0957 e. The number of benzene rings is 1. The van der Waals surface area contributed by atoms with Crippen molar-refractivity contribution >= 4 is 15.9 Å². The zero-order chi connectivity index (χ0) is 14.3. The summed E-state index contributed by atoms with van der Waals surface area (Å²) in [7, 11) is 0. The molecule has 20 heavy (non-hydrogen) atoms. The monoisotopic (exact) mass is 334 g/mol. The van der Waals surface area contributed by atoms with Crippen LogP contribution < -0.4 is 0 Å². The molecule has 3 nitrogen and oxygen atoms in total. The van der Waals surface area contributed by atoms with Crippen LogP contribution >= 0.6 is 15.9 Å². The zero-order valence-electron chi connectivity index (χ0n) is 11.9. The van der Waals surface area contributed by atoms with E-state index in [-0.39, 0.29) is 0 Å². The van der Waals surface area contributed by atoms with Gasteiger partial charge in [-0.1, -0.05) is 24.3 Å². The first-order valence-corrected chi connectivity index (χ1v) is 7.87. The Balaban J connectivity index is 2.00. The van der Waals surface area contributed by atoms with Crippen molar-refractivity contribution < 1.29 is 5.11 Å². The predicted octanol–water partition coefficient (Wildman–Crippen LogP) is 3.35. The Kier molecular flexibility index (Phi) is 3.46. The first-order chi connectivity index (χ1) is 9.55. The van der Waals surface area contributed by atoms with Crippen LogP contribution in [-0.2, 0) is 25.0 Å². The first kappa shape index (κ1) is 13.8. The Bertz CT molecular complexity index is 650. The zero-order valence-corrected chi connectivity index (χ0v) is 13.4. The van der Waals surface area contributed by atoms with E-state index in [9.17, 15) is 5.11 Å². The summed E-state index contributed by atoms with van der Waals surface area (Å²) in [4.78, 5) is 0. The van der Waals surface area contributed by atoms with Crippen LogP contribution in [0.4, 0.5) is 0 Å². The van der Waals surface area contributed by atoms with Crippen LogP contribution in [0, 0.1) is 6.92 Å². The van der Waals surface area contributed by atoms with Crippen molar-refractivity contribution in [3.63, 3.8) is 0 Å². The van der Waals surface area contributed by atoms with Gasteiger partial charge >= 0.3 is 0 Å². The molecule has 1 aromatic carbocycles. The Morgan fingerprint density at radius 3 is 2.90 bits per heavy atom. The topological polar surface area (TPSA) is 38.0 Å². The first-order valence-electron chi connectivity index (χ1n) is 7.07. The Labute approximate surface area is 127 Å². The molecule has 106 valence electrons. The molecule has 1 atom stereocenters. The van der Waals surface area contributed by atoms with Gasteiger partial charge in [0.2, 0.25) is 0 Å². The molecule has 0 amide bonds. The third-order valence-electron chi connectivity index (χ3n) is 4.24. The largest absolute Gasteiger partial charge is 0.385 e. The molecule has 0 aliphatic heterocycles. The molecule has 0 bridgehead atoms. The minimum atomic E-state index is -0.765. The molecule has 1 aliphatic rings. The SMILES string of the molecule is CCn1nc(C)c(Br)c1CC1(O)CCc2ccccc21. The van der Waals surface area contributed by atoms with Crippen LogP contribution in [0.5, 0.6) is 0 Å². The van der Waals surface area contributed by atoms with Gasteiger partial charge in [-0.15, -0.1) is 0 Å². The summed E-state index contributed by atoms with van der Waals surface area (Å²) in [5.41, 5.74) is 3.65. The summed E-state index contributed by atoms with van der Waals surface area (Å²) >= 11 is 3.62. The predicted molar refractivity (Wildman–Crippen MR) is 82.7 cm³/mol. The average Bonchev–Trinajstić information content (AvgIpc) is 2.92. The van der Waals surface area contributed by atoms with Gasteiger partial charge in [0.15, 0.2) is 0 Å². The summed E-state index contributed by atoms with van der Waals surface area (Å²) in [6.07, 6.45) is 2.34. The molecule has 1 unspecified atom stereocenters. The highest BCUT2D eigenvalue weighted by Crippen LogP contribution is 2.40. The average molecular weight is 335 g/mol. The van der Waals surface area contributed by atoms with E-state index in [0.717, 1.165) is 40.8 Å². The van der Waals surface area contributed by atoms with Gasteiger partial charge in [0, 0.05) is 13.0 Å². The minimum Gasteiger partial charge on any atom is -0.385 e. The molecular formula is C16H19BrN2O. The molecule has 1 aromatic heterocycles. The fraction of sp³-hybridized carbons (Fsp3) is 0.438. The highest BCUT2D eigenvalue weighted by Gasteiger charge is 2.38. The van der Waals surface area contributed by atoms with Crippen LogP contribution in [0.25, 0.3) is 0 Å². The van der Waals surface area contributed by atoms with Crippen LogP contribution in [0.1, 0.15) is 35.9 Å². The van der Waals surface area contributed by atoms with Crippen LogP contribution in [0.3, 0.4) is 0 Å². The molecule has 0 fully saturated rings. The fourth-order valence-electron chi connectivity index (χ4n) is 3.17. The van der Waals surface area contributed by atoms with Gasteiger partial charge in [0.25, 0.3) is 0 Å². The molecule has 2 aromatic rings. The number of halogens is 1. The second-order valence-electron chi connectivity index (χ2n) is 5.53. The van der Waals surface area contributed by atoms with Crippen molar-refractivity contribution in [3.8, 4) is 0 Å². The lowest BCUT2D eigenvalue weighted by Gasteiger charge is -2.24. The van der Waals surface area contributed by atoms with Crippen LogP contribution in [0.15, 0.2) is 28.7 Å². The van der Waals surface area contributed by atoms with Crippen molar-refractivity contribution in [3.05, 3.63) is 51.3 Å². The number of aliphatic hydroxyl groups is 1. The van der Waals surface area contributed by atoms with E-state index in [1.165, 1.54) is 5.56 Å². The van der Waals surface area contributed by atoms with E-state index >= 15 is 0 Å². The number of fused-ring (bicyclic) bond motifs is 1. The van der Waals surface area contributed by atoms with Gasteiger partial charge in [-0.2, -0.15) is 5.10 Å². The van der Waals surface area contributed by atoms with Crippen molar-refractivity contribution in [2.24, 2.45) is 0 Å². The fourth-order valence-corrected chi connectivity index (χ4v) is 3.59. The minimum absolute atomic E-state index is 0.610. The molecule has 0 radical (unpaired) electrons. The molecule has 1 N–H and O–H groups in total. The van der Waals surface area contributed by atoms with Gasteiger partial charge < -0.3 is 5.11 Å². The summed E-state index contributed by atoms with van der Waals surface area (Å²) in [6.45, 7) is 4.89. The normalized spacial score (nSPS) is 21.2. The molecule has 0 spiro atoms. The molecule has 3 rings (SSSR count). The third kappa shape index (κ3) is 2.11. The highest BCUT2D eigenvalue weighted by atomic mass is 79.9. The smallest absolute Gasteiger partial charge is 0.0957 e. The number of aryl methyl sites for hydroxylation is 3. The maximum atomic E-state index is 11.1. The third-order valence-corrected chi connectivity index (χ3v) is 5.27. The van der Waals surface area contributed by atoms with E-state index in [1.807, 2.05) is 23.7 Å². The van der Waals surface area contributed by atoms with Crippen LogP contribution in [0.2, 0.25) is 0 Å². The van der Waals surface area contributed by atoms with Gasteiger partial charge in [-0.05, 0) is 53.7 Å². The lowest BCUT2D eigenvalue weighted by Crippen LogP contribution is -2.27. The number of aromatic nitrogens is 2. The lowest BCUT2D eigenvalue weighted by atomic mass is 9.91. The summed E-state index contributed by atoms with van der Waals surface area (Å²) in [6, 6.07) is 8.22. The van der Waals surface area contributed by atoms with Gasteiger partial charge in [0.05, 0.1) is 21.5 Å². The van der Waals surface area contributed by atoms with Gasteiger partial charge in [-0.25, -0.2) is 0 Å². The van der Waals surface area contributed by atoms with E-state index in [1.54, 1.807) is 0 Å². The van der Waals surface area contributed by atoms with Crippen molar-refractivity contribution in [1.29, 1.82) is 0 Å². The second kappa shape index (κ2) is 5.01. The van der Waals surface area contributed by atoms with E-state index < -0.39 is 5.60 Å². The van der Waals surface area contributed by atoms with E-state index in [2.05, 4.69) is 40.1 Å². The van der Waals surface area contributed by atoms with E-state index in [0.29, 0.717) is 6.42 Å². The Hall–Kier alpha value is -1.13. The van der Waals surface area contributed by atoms with E-state index in [4.69, 9.17) is 0 Å². The molecule has 1 heterocycles. The molecule has 1 aliphatic carbocycles. The molecular weight excluding hydrogens is 316 g/mol. The van der Waals surface area contributed by atoms with Gasteiger partial charge in [-0.3, -0.25) is 4.68 Å². The molecule has 0 saturated heterocycles. The number of hydrogen-bond acceptors (Lipinski definition) is 2. The molecule has 4 heteroatoms. The standard InChI is InChI=1S/C16H19BrN2O/c1-3-19-14(15(17)11(2)18-19)10-16(20)9-8-12-6-4-5-7-13(12)16/h4-7,20H,3,8-10H2,1-2H3. The summed E-state index contributed by atoms with van der Waals surface area (Å²) in [5, 5.41) is 15.6. The van der Waals surface area contributed by atoms with Crippen molar-refractivity contribution in [2.75, 3.05) is 0 Å². The van der Waals surface area contributed by atoms with Crippen molar-refractivity contribution in [1.82, 2.24) is 9.78 Å². The van der Waals surface area contributed by atoms with Crippen LogP contribution in [-0.4, -0.2) is 14.9 Å².